The average molecular weight is 702 g/mol. The molecule has 0 aliphatic heterocycles. The molecule has 0 atom stereocenters. The molecule has 3 nitrogen and oxygen atoms in total. The zero-order valence-corrected chi connectivity index (χ0v) is 28.4. The Balaban J connectivity index is 1.71. The summed E-state index contributed by atoms with van der Waals surface area (Å²) in [5.41, 5.74) is 0.313. The fraction of sp³-hybridized carbons (Fsp3) is 0.140. The molecule has 0 radical (unpaired) electrons. The molecule has 52 heavy (non-hydrogen) atoms. The van der Waals surface area contributed by atoms with Crippen LogP contribution in [0.2, 0.25) is 0 Å². The quantitative estimate of drug-likeness (QED) is 0.129. The molecule has 0 N–H and O–H groups in total. The summed E-state index contributed by atoms with van der Waals surface area (Å²) in [5, 5.41) is 2.81. The summed E-state index contributed by atoms with van der Waals surface area (Å²) in [6.45, 7) is 15.1. The normalized spacial score (nSPS) is 12.4. The van der Waals surface area contributed by atoms with Crippen molar-refractivity contribution >= 4 is 49.3 Å². The molecular weight excluding hydrogens is 672 g/mol. The molecule has 8 rings (SSSR count). The van der Waals surface area contributed by atoms with Crippen LogP contribution in [-0.2, 0) is 12.4 Å². The van der Waals surface area contributed by atoms with Crippen molar-refractivity contribution in [3.05, 3.63) is 148 Å². The van der Waals surface area contributed by atoms with Crippen molar-refractivity contribution in [3.8, 4) is 22.5 Å². The van der Waals surface area contributed by atoms with Gasteiger partial charge in [0.25, 0.3) is 0 Å². The fourth-order valence-corrected chi connectivity index (χ4v) is 8.01. The molecular formula is C43H29F6N3. The second-order valence-corrected chi connectivity index (χ2v) is 13.2. The van der Waals surface area contributed by atoms with Crippen LogP contribution in [-0.4, -0.2) is 9.13 Å². The van der Waals surface area contributed by atoms with Crippen molar-refractivity contribution in [2.24, 2.45) is 0 Å². The zero-order chi connectivity index (χ0) is 36.9. The first-order valence-corrected chi connectivity index (χ1v) is 16.6. The van der Waals surface area contributed by atoms with Gasteiger partial charge in [-0.3, -0.25) is 0 Å². The summed E-state index contributed by atoms with van der Waals surface area (Å²) in [7, 11) is 0. The van der Waals surface area contributed by atoms with Crippen LogP contribution in [0.1, 0.15) is 33.4 Å². The lowest BCUT2D eigenvalue weighted by Gasteiger charge is -2.26. The monoisotopic (exact) mass is 701 g/mol. The van der Waals surface area contributed by atoms with E-state index in [9.17, 15) is 13.2 Å². The van der Waals surface area contributed by atoms with Crippen LogP contribution in [0.4, 0.5) is 32.0 Å². The Hall–Kier alpha value is -6.01. The Bertz CT molecular complexity index is 2710. The first kappa shape index (κ1) is 33.2. The van der Waals surface area contributed by atoms with Gasteiger partial charge >= 0.3 is 12.4 Å². The lowest BCUT2D eigenvalue weighted by Crippen LogP contribution is -2.18. The van der Waals surface area contributed by atoms with Crippen molar-refractivity contribution in [1.82, 2.24) is 9.13 Å². The van der Waals surface area contributed by atoms with Crippen LogP contribution in [0.3, 0.4) is 0 Å². The van der Waals surface area contributed by atoms with Crippen LogP contribution >= 0.6 is 0 Å². The van der Waals surface area contributed by atoms with E-state index >= 15 is 13.2 Å². The number of para-hydroxylation sites is 4. The molecule has 6 aromatic carbocycles. The van der Waals surface area contributed by atoms with Gasteiger partial charge in [-0.25, -0.2) is 4.85 Å². The molecule has 0 unspecified atom stereocenters. The van der Waals surface area contributed by atoms with E-state index in [2.05, 4.69) is 4.85 Å². The predicted molar refractivity (Wildman–Crippen MR) is 196 cm³/mol. The Morgan fingerprint density at radius 1 is 0.500 bits per heavy atom. The van der Waals surface area contributed by atoms with Crippen LogP contribution in [0.25, 0.3) is 71.0 Å². The Morgan fingerprint density at radius 2 is 0.923 bits per heavy atom. The SMILES string of the molecule is [C-]#[N+]c1cccc(C(F)(F)F)c1-c1ccc(-n2c3c(C)cccc3c3cccc(C)c32)c(C(F)(F)F)c1-n1c2c(C)cccc2c2cccc(C)c21. The van der Waals surface area contributed by atoms with Crippen LogP contribution in [0.5, 0.6) is 0 Å². The number of alkyl halides is 6. The van der Waals surface area contributed by atoms with Gasteiger partial charge in [-0.1, -0.05) is 97.1 Å². The zero-order valence-electron chi connectivity index (χ0n) is 28.4. The first-order valence-electron chi connectivity index (χ1n) is 16.6. The Labute approximate surface area is 294 Å². The van der Waals surface area contributed by atoms with E-state index in [4.69, 9.17) is 6.57 Å². The van der Waals surface area contributed by atoms with Crippen molar-refractivity contribution in [2.45, 2.75) is 40.0 Å². The van der Waals surface area contributed by atoms with Crippen molar-refractivity contribution in [2.75, 3.05) is 0 Å². The van der Waals surface area contributed by atoms with E-state index in [1.807, 2.05) is 74.5 Å². The third-order valence-electron chi connectivity index (χ3n) is 10.1. The molecule has 258 valence electrons. The van der Waals surface area contributed by atoms with E-state index in [0.717, 1.165) is 34.0 Å². The van der Waals surface area contributed by atoms with Gasteiger partial charge in [-0.15, -0.1) is 0 Å². The van der Waals surface area contributed by atoms with Gasteiger partial charge in [-0.05, 0) is 61.6 Å². The minimum atomic E-state index is -5.09. The largest absolute Gasteiger partial charge is 0.420 e. The third kappa shape index (κ3) is 4.74. The second-order valence-electron chi connectivity index (χ2n) is 13.2. The van der Waals surface area contributed by atoms with Gasteiger partial charge in [0, 0.05) is 27.1 Å². The smallest absolute Gasteiger partial charge is 0.308 e. The number of halogens is 6. The van der Waals surface area contributed by atoms with E-state index in [-0.39, 0.29) is 11.3 Å². The van der Waals surface area contributed by atoms with Crippen LogP contribution < -0.4 is 0 Å². The molecule has 0 fully saturated rings. The highest BCUT2D eigenvalue weighted by Crippen LogP contribution is 2.52. The summed E-state index contributed by atoms with van der Waals surface area (Å²) in [6, 6.07) is 27.6. The van der Waals surface area contributed by atoms with Gasteiger partial charge in [0.1, 0.15) is 5.56 Å². The minimum absolute atomic E-state index is 0.235. The molecule has 0 saturated heterocycles. The molecule has 9 heteroatoms. The molecule has 0 saturated carbocycles. The maximum Gasteiger partial charge on any atom is 0.420 e. The lowest BCUT2D eigenvalue weighted by molar-refractivity contribution is -0.137. The minimum Gasteiger partial charge on any atom is -0.308 e. The second kappa shape index (κ2) is 11.5. The van der Waals surface area contributed by atoms with Gasteiger partial charge < -0.3 is 9.13 Å². The summed E-state index contributed by atoms with van der Waals surface area (Å²) in [6.07, 6.45) is -10.1. The van der Waals surface area contributed by atoms with Crippen molar-refractivity contribution in [3.63, 3.8) is 0 Å². The highest BCUT2D eigenvalue weighted by atomic mass is 19.4. The fourth-order valence-electron chi connectivity index (χ4n) is 8.01. The highest BCUT2D eigenvalue weighted by molar-refractivity contribution is 6.13. The number of aryl methyl sites for hydroxylation is 4. The molecule has 0 aliphatic carbocycles. The molecule has 0 bridgehead atoms. The standard InChI is InChI=1S/C43H29F6N3/c1-23-11-6-15-27-28-16-7-12-24(2)38(28)51(37(23)27)34-22-21-31(35-32(42(44,45)46)19-10-20-33(35)50-5)41(36(34)43(47,48)49)52-39-25(3)13-8-17-29(39)30-18-9-14-26(4)40(30)52/h6-22H,1-4H3. The van der Waals surface area contributed by atoms with Gasteiger partial charge in [-0.2, -0.15) is 26.3 Å². The third-order valence-corrected chi connectivity index (χ3v) is 10.1. The number of fused-ring (bicyclic) bond motifs is 6. The molecule has 0 amide bonds. The van der Waals surface area contributed by atoms with E-state index in [0.29, 0.717) is 44.0 Å². The summed E-state index contributed by atoms with van der Waals surface area (Å²) in [5.74, 6) is 0. The summed E-state index contributed by atoms with van der Waals surface area (Å²) >= 11 is 0. The average Bonchev–Trinajstić information content (AvgIpc) is 3.63. The molecule has 0 spiro atoms. The van der Waals surface area contributed by atoms with E-state index in [1.54, 1.807) is 30.5 Å². The number of rotatable bonds is 3. The lowest BCUT2D eigenvalue weighted by atomic mass is 9.92. The molecule has 2 heterocycles. The van der Waals surface area contributed by atoms with Crippen molar-refractivity contribution < 1.29 is 26.3 Å². The summed E-state index contributed by atoms with van der Waals surface area (Å²) < 4.78 is 97.0. The molecule has 2 aromatic heterocycles. The number of nitrogens with zero attached hydrogens (tertiary/aromatic N) is 3. The molecule has 0 aliphatic rings. The number of hydrogen-bond acceptors (Lipinski definition) is 0. The van der Waals surface area contributed by atoms with Crippen molar-refractivity contribution in [1.29, 1.82) is 0 Å². The van der Waals surface area contributed by atoms with Crippen LogP contribution in [0.15, 0.2) is 103 Å². The van der Waals surface area contributed by atoms with E-state index in [1.165, 1.54) is 22.8 Å². The Kier molecular flexibility index (Phi) is 7.33. The number of benzene rings is 6. The van der Waals surface area contributed by atoms with E-state index < -0.39 is 40.4 Å². The topological polar surface area (TPSA) is 14.2 Å². The van der Waals surface area contributed by atoms with Gasteiger partial charge in [0.05, 0.1) is 45.6 Å². The van der Waals surface area contributed by atoms with Gasteiger partial charge in [0.2, 0.25) is 0 Å². The maximum absolute atomic E-state index is 16.4. The Morgan fingerprint density at radius 3 is 1.33 bits per heavy atom. The number of hydrogen-bond donors (Lipinski definition) is 0. The maximum atomic E-state index is 16.4. The van der Waals surface area contributed by atoms with Gasteiger partial charge in [0.15, 0.2) is 5.69 Å². The van der Waals surface area contributed by atoms with Crippen LogP contribution in [0, 0.1) is 34.3 Å². The molecule has 8 aromatic rings. The predicted octanol–water partition coefficient (Wildman–Crippen LogP) is 13.4. The highest BCUT2D eigenvalue weighted by Gasteiger charge is 2.42. The number of aromatic nitrogens is 2. The first-order chi connectivity index (χ1) is 24.7. The summed E-state index contributed by atoms with van der Waals surface area (Å²) in [4.78, 5) is 3.43.